The fourth-order valence-corrected chi connectivity index (χ4v) is 3.81. The number of rotatable bonds is 3. The summed E-state index contributed by atoms with van der Waals surface area (Å²) in [5, 5.41) is 6.29. The minimum atomic E-state index is -0.484. The molecule has 32 heavy (non-hydrogen) atoms. The molecular formula is C22H18F2N6O2. The lowest BCUT2D eigenvalue weighted by Gasteiger charge is -2.26. The molecule has 3 heterocycles. The van der Waals surface area contributed by atoms with E-state index in [1.165, 1.54) is 35.9 Å². The van der Waals surface area contributed by atoms with Gasteiger partial charge in [-0.1, -0.05) is 24.3 Å². The second-order valence-corrected chi connectivity index (χ2v) is 7.61. The molecular weight excluding hydrogens is 418 g/mol. The summed E-state index contributed by atoms with van der Waals surface area (Å²) in [6.45, 7) is 0.466. The topological polar surface area (TPSA) is 77.4 Å². The molecule has 0 aliphatic carbocycles. The van der Waals surface area contributed by atoms with Gasteiger partial charge in [-0.2, -0.15) is 10.1 Å². The number of hydrogen-bond acceptors (Lipinski definition) is 5. The number of imidazole rings is 1. The molecule has 162 valence electrons. The van der Waals surface area contributed by atoms with Crippen molar-refractivity contribution in [3.63, 3.8) is 0 Å². The number of nitrogens with zero attached hydrogens (tertiary/aromatic N) is 6. The van der Waals surface area contributed by atoms with Crippen molar-refractivity contribution in [2.75, 3.05) is 5.01 Å². The maximum absolute atomic E-state index is 13.5. The van der Waals surface area contributed by atoms with Gasteiger partial charge in [-0.05, 0) is 35.4 Å². The Hall–Kier alpha value is -4.08. The highest BCUT2D eigenvalue weighted by Crippen LogP contribution is 2.27. The van der Waals surface area contributed by atoms with Crippen LogP contribution in [0.2, 0.25) is 0 Å². The van der Waals surface area contributed by atoms with E-state index >= 15 is 0 Å². The smallest absolute Gasteiger partial charge is 0.297 e. The van der Waals surface area contributed by atoms with Crippen LogP contribution in [0.4, 0.5) is 14.7 Å². The average molecular weight is 436 g/mol. The van der Waals surface area contributed by atoms with Gasteiger partial charge in [0, 0.05) is 14.1 Å². The lowest BCUT2D eigenvalue weighted by molar-refractivity contribution is 0.626. The molecule has 0 N–H and O–H groups in total. The summed E-state index contributed by atoms with van der Waals surface area (Å²) in [5.74, 6) is -0.340. The van der Waals surface area contributed by atoms with E-state index in [0.29, 0.717) is 17.2 Å². The van der Waals surface area contributed by atoms with Gasteiger partial charge in [-0.15, -0.1) is 0 Å². The number of aromatic nitrogens is 4. The van der Waals surface area contributed by atoms with E-state index in [1.807, 2.05) is 0 Å². The molecule has 10 heteroatoms. The van der Waals surface area contributed by atoms with E-state index in [9.17, 15) is 18.4 Å². The van der Waals surface area contributed by atoms with E-state index < -0.39 is 11.2 Å². The second-order valence-electron chi connectivity index (χ2n) is 7.61. The predicted molar refractivity (Wildman–Crippen MR) is 116 cm³/mol. The van der Waals surface area contributed by atoms with E-state index in [-0.39, 0.29) is 35.9 Å². The van der Waals surface area contributed by atoms with Gasteiger partial charge in [0.1, 0.15) is 11.6 Å². The summed E-state index contributed by atoms with van der Waals surface area (Å²) >= 11 is 0. The Balaban J connectivity index is 1.72. The van der Waals surface area contributed by atoms with Crippen LogP contribution in [0, 0.1) is 11.6 Å². The number of anilines is 1. The Morgan fingerprint density at radius 3 is 2.19 bits per heavy atom. The van der Waals surface area contributed by atoms with Crippen LogP contribution in [0.15, 0.2) is 63.2 Å². The van der Waals surface area contributed by atoms with Gasteiger partial charge >= 0.3 is 5.69 Å². The SMILES string of the molecule is Cn1c(=O)c2c(nc3n2CC(c2ccc(F)cc2)=NN3Cc2ccc(F)cc2)n(C)c1=O. The third-order valence-electron chi connectivity index (χ3n) is 5.53. The maximum Gasteiger partial charge on any atom is 0.332 e. The first-order valence-electron chi connectivity index (χ1n) is 9.85. The van der Waals surface area contributed by atoms with Crippen molar-refractivity contribution in [1.82, 2.24) is 18.7 Å². The van der Waals surface area contributed by atoms with E-state index in [4.69, 9.17) is 5.10 Å². The van der Waals surface area contributed by atoms with Gasteiger partial charge in [0.25, 0.3) is 5.56 Å². The molecule has 0 bridgehead atoms. The highest BCUT2D eigenvalue weighted by molar-refractivity contribution is 6.02. The van der Waals surface area contributed by atoms with Crippen LogP contribution in [0.1, 0.15) is 11.1 Å². The Morgan fingerprint density at radius 1 is 0.906 bits per heavy atom. The summed E-state index contributed by atoms with van der Waals surface area (Å²) in [7, 11) is 2.97. The van der Waals surface area contributed by atoms with E-state index in [0.717, 1.165) is 10.1 Å². The molecule has 0 unspecified atom stereocenters. The largest absolute Gasteiger partial charge is 0.332 e. The van der Waals surface area contributed by atoms with Crippen molar-refractivity contribution < 1.29 is 8.78 Å². The Labute approximate surface area is 180 Å². The standard InChI is InChI=1S/C22H18F2N6O2/c1-27-19-18(20(31)28(2)22(27)32)29-12-17(14-5-9-16(24)10-6-14)26-30(21(29)25-19)11-13-3-7-15(23)8-4-13/h3-10H,11-12H2,1-2H3. The highest BCUT2D eigenvalue weighted by Gasteiger charge is 2.28. The van der Waals surface area contributed by atoms with Crippen molar-refractivity contribution >= 4 is 22.8 Å². The molecule has 2 aromatic carbocycles. The first kappa shape index (κ1) is 19.9. The molecule has 8 nitrogen and oxygen atoms in total. The molecule has 1 aliphatic rings. The average Bonchev–Trinajstić information content (AvgIpc) is 3.18. The molecule has 1 aliphatic heterocycles. The number of halogens is 2. The monoisotopic (exact) mass is 436 g/mol. The lowest BCUT2D eigenvalue weighted by Crippen LogP contribution is -2.38. The molecule has 0 saturated carbocycles. The Morgan fingerprint density at radius 2 is 1.53 bits per heavy atom. The lowest BCUT2D eigenvalue weighted by atomic mass is 10.1. The van der Waals surface area contributed by atoms with Gasteiger partial charge in [-0.25, -0.2) is 18.6 Å². The van der Waals surface area contributed by atoms with Gasteiger partial charge in [0.05, 0.1) is 18.8 Å². The highest BCUT2D eigenvalue weighted by atomic mass is 19.1. The predicted octanol–water partition coefficient (Wildman–Crippen LogP) is 2.14. The minimum Gasteiger partial charge on any atom is -0.297 e. The number of hydrogen-bond donors (Lipinski definition) is 0. The molecule has 0 saturated heterocycles. The van der Waals surface area contributed by atoms with Crippen molar-refractivity contribution in [3.8, 4) is 0 Å². The van der Waals surface area contributed by atoms with Gasteiger partial charge in [0.15, 0.2) is 11.2 Å². The molecule has 2 aromatic heterocycles. The van der Waals surface area contributed by atoms with Crippen LogP contribution in [-0.2, 0) is 27.2 Å². The zero-order valence-electron chi connectivity index (χ0n) is 17.3. The molecule has 0 fully saturated rings. The molecule has 4 aromatic rings. The summed E-state index contributed by atoms with van der Waals surface area (Å²) in [4.78, 5) is 29.9. The zero-order valence-corrected chi connectivity index (χ0v) is 17.3. The number of fused-ring (bicyclic) bond motifs is 3. The van der Waals surface area contributed by atoms with E-state index in [1.54, 1.807) is 40.9 Å². The summed E-state index contributed by atoms with van der Waals surface area (Å²) in [5.41, 5.74) is 1.61. The van der Waals surface area contributed by atoms with Crippen LogP contribution in [-0.4, -0.2) is 24.4 Å². The second kappa shape index (κ2) is 7.26. The van der Waals surface area contributed by atoms with Crippen molar-refractivity contribution in [2.45, 2.75) is 13.1 Å². The Bertz CT molecular complexity index is 1500. The zero-order chi connectivity index (χ0) is 22.6. The Kier molecular flexibility index (Phi) is 4.50. The maximum atomic E-state index is 13.5. The van der Waals surface area contributed by atoms with Gasteiger partial charge in [-0.3, -0.25) is 18.5 Å². The number of hydrazone groups is 1. The molecule has 0 amide bonds. The first-order valence-corrected chi connectivity index (χ1v) is 9.85. The molecule has 5 rings (SSSR count). The summed E-state index contributed by atoms with van der Waals surface area (Å²) in [6.07, 6.45) is 0. The van der Waals surface area contributed by atoms with Crippen LogP contribution >= 0.6 is 0 Å². The fourth-order valence-electron chi connectivity index (χ4n) is 3.81. The summed E-state index contributed by atoms with van der Waals surface area (Å²) < 4.78 is 30.9. The number of benzene rings is 2. The quantitative estimate of drug-likeness (QED) is 0.493. The van der Waals surface area contributed by atoms with Gasteiger partial charge in [0.2, 0.25) is 5.95 Å². The van der Waals surface area contributed by atoms with Crippen LogP contribution in [0.25, 0.3) is 11.2 Å². The van der Waals surface area contributed by atoms with Crippen LogP contribution in [0.3, 0.4) is 0 Å². The van der Waals surface area contributed by atoms with Gasteiger partial charge < -0.3 is 0 Å². The minimum absolute atomic E-state index is 0.213. The van der Waals surface area contributed by atoms with Crippen LogP contribution < -0.4 is 16.3 Å². The molecule has 0 radical (unpaired) electrons. The normalized spacial score (nSPS) is 13.4. The first-order chi connectivity index (χ1) is 15.3. The number of aryl methyl sites for hydroxylation is 1. The van der Waals surface area contributed by atoms with Crippen molar-refractivity contribution in [3.05, 3.63) is 92.1 Å². The third-order valence-corrected chi connectivity index (χ3v) is 5.53. The van der Waals surface area contributed by atoms with Crippen LogP contribution in [0.5, 0.6) is 0 Å². The van der Waals surface area contributed by atoms with E-state index in [2.05, 4.69) is 4.98 Å². The molecule has 0 atom stereocenters. The third kappa shape index (κ3) is 3.11. The fraction of sp³-hybridized carbons (Fsp3) is 0.182. The van der Waals surface area contributed by atoms with Crippen molar-refractivity contribution in [1.29, 1.82) is 0 Å². The summed E-state index contributed by atoms with van der Waals surface area (Å²) in [6, 6.07) is 11.9. The van der Waals surface area contributed by atoms with Crippen molar-refractivity contribution in [2.24, 2.45) is 19.2 Å². The molecule has 0 spiro atoms.